The predicted molar refractivity (Wildman–Crippen MR) is 113 cm³/mol. The molecule has 0 aromatic heterocycles. The van der Waals surface area contributed by atoms with Crippen LogP contribution in [0.15, 0.2) is 42.5 Å². The molecule has 3 amide bonds. The van der Waals surface area contributed by atoms with Gasteiger partial charge in [0.2, 0.25) is 5.91 Å². The molecule has 0 spiro atoms. The first-order valence-electron chi connectivity index (χ1n) is 9.71. The summed E-state index contributed by atoms with van der Waals surface area (Å²) < 4.78 is 10.6. The molecule has 8 heteroatoms. The number of amides is 3. The van der Waals surface area contributed by atoms with E-state index in [1.165, 1.54) is 7.11 Å². The average Bonchev–Trinajstić information content (AvgIpc) is 3.27. The van der Waals surface area contributed by atoms with Crippen molar-refractivity contribution in [2.75, 3.05) is 30.9 Å². The van der Waals surface area contributed by atoms with Crippen molar-refractivity contribution >= 4 is 29.1 Å². The van der Waals surface area contributed by atoms with Crippen LogP contribution in [0.5, 0.6) is 5.75 Å². The molecule has 1 saturated heterocycles. The van der Waals surface area contributed by atoms with Crippen molar-refractivity contribution in [3.05, 3.63) is 53.6 Å². The summed E-state index contributed by atoms with van der Waals surface area (Å²) in [6, 6.07) is 12.0. The maximum atomic E-state index is 12.4. The van der Waals surface area contributed by atoms with Crippen molar-refractivity contribution in [1.29, 1.82) is 0 Å². The molecule has 0 aliphatic carbocycles. The second-order valence-corrected chi connectivity index (χ2v) is 7.01. The fourth-order valence-electron chi connectivity index (χ4n) is 3.12. The summed E-state index contributed by atoms with van der Waals surface area (Å²) in [5, 5.41) is 8.06. The van der Waals surface area contributed by atoms with Gasteiger partial charge in [0.05, 0.1) is 19.3 Å². The van der Waals surface area contributed by atoms with E-state index in [0.29, 0.717) is 35.7 Å². The highest BCUT2D eigenvalue weighted by Gasteiger charge is 2.23. The molecule has 0 bridgehead atoms. The van der Waals surface area contributed by atoms with Crippen molar-refractivity contribution in [3.8, 4) is 5.75 Å². The van der Waals surface area contributed by atoms with Crippen molar-refractivity contribution in [2.24, 2.45) is 0 Å². The van der Waals surface area contributed by atoms with Gasteiger partial charge >= 0.3 is 0 Å². The summed E-state index contributed by atoms with van der Waals surface area (Å²) in [4.78, 5) is 36.8. The Morgan fingerprint density at radius 3 is 2.70 bits per heavy atom. The zero-order chi connectivity index (χ0) is 21.5. The zero-order valence-corrected chi connectivity index (χ0v) is 17.0. The number of nitrogens with one attached hydrogen (secondary N) is 3. The predicted octanol–water partition coefficient (Wildman–Crippen LogP) is 2.49. The summed E-state index contributed by atoms with van der Waals surface area (Å²) in [7, 11) is 1.52. The Labute approximate surface area is 174 Å². The minimum atomic E-state index is -0.454. The Morgan fingerprint density at radius 2 is 1.97 bits per heavy atom. The third kappa shape index (κ3) is 5.57. The fraction of sp³-hybridized carbons (Fsp3) is 0.318. The third-order valence-corrected chi connectivity index (χ3v) is 4.65. The molecule has 30 heavy (non-hydrogen) atoms. The lowest BCUT2D eigenvalue weighted by molar-refractivity contribution is -0.124. The molecule has 0 radical (unpaired) electrons. The Hall–Kier alpha value is -3.39. The normalized spacial score (nSPS) is 15.3. The number of ether oxygens (including phenoxy) is 2. The average molecular weight is 411 g/mol. The lowest BCUT2D eigenvalue weighted by Gasteiger charge is -2.12. The Bertz CT molecular complexity index is 938. The van der Waals surface area contributed by atoms with Gasteiger partial charge in [-0.3, -0.25) is 14.4 Å². The first-order valence-corrected chi connectivity index (χ1v) is 9.71. The quantitative estimate of drug-likeness (QED) is 0.649. The minimum absolute atomic E-state index is 0.206. The van der Waals surface area contributed by atoms with E-state index in [2.05, 4.69) is 16.0 Å². The molecule has 1 atom stereocenters. The molecule has 8 nitrogen and oxygen atoms in total. The molecular formula is C22H25N3O5. The van der Waals surface area contributed by atoms with Gasteiger partial charge in [0, 0.05) is 17.9 Å². The maximum Gasteiger partial charge on any atom is 0.253 e. The second-order valence-electron chi connectivity index (χ2n) is 7.01. The molecule has 158 valence electrons. The minimum Gasteiger partial charge on any atom is -0.495 e. The van der Waals surface area contributed by atoms with Gasteiger partial charge in [-0.15, -0.1) is 0 Å². The molecule has 3 N–H and O–H groups in total. The van der Waals surface area contributed by atoms with Gasteiger partial charge in [0.15, 0.2) is 0 Å². The summed E-state index contributed by atoms with van der Waals surface area (Å²) in [6.07, 6.45) is 1.09. The molecule has 2 aromatic carbocycles. The number of methoxy groups -OCH3 is 1. The van der Waals surface area contributed by atoms with E-state index in [-0.39, 0.29) is 18.4 Å². The van der Waals surface area contributed by atoms with Crippen LogP contribution < -0.4 is 20.7 Å². The maximum absolute atomic E-state index is 12.4. The van der Waals surface area contributed by atoms with E-state index in [1.807, 2.05) is 13.0 Å². The highest BCUT2D eigenvalue weighted by atomic mass is 16.5. The van der Waals surface area contributed by atoms with E-state index in [1.54, 1.807) is 36.4 Å². The first kappa shape index (κ1) is 21.3. The number of hydrogen-bond acceptors (Lipinski definition) is 5. The van der Waals surface area contributed by atoms with Gasteiger partial charge in [-0.1, -0.05) is 12.1 Å². The monoisotopic (exact) mass is 411 g/mol. The van der Waals surface area contributed by atoms with Gasteiger partial charge in [0.1, 0.15) is 11.9 Å². The summed E-state index contributed by atoms with van der Waals surface area (Å²) in [5.74, 6) is -0.490. The van der Waals surface area contributed by atoms with Crippen LogP contribution in [-0.2, 0) is 14.3 Å². The molecule has 2 aromatic rings. The van der Waals surface area contributed by atoms with Gasteiger partial charge in [-0.05, 0) is 55.7 Å². The lowest BCUT2D eigenvalue weighted by atomic mass is 10.1. The van der Waals surface area contributed by atoms with Crippen LogP contribution in [0.3, 0.4) is 0 Å². The SMILES string of the molecule is COc1ccc(C)cc1NC(=O)CNC(=O)c1cccc(NC(=O)C2CCCO2)c1. The van der Waals surface area contributed by atoms with Crippen molar-refractivity contribution in [1.82, 2.24) is 5.32 Å². The number of hydrogen-bond donors (Lipinski definition) is 3. The zero-order valence-electron chi connectivity index (χ0n) is 17.0. The number of rotatable bonds is 7. The van der Waals surface area contributed by atoms with Gasteiger partial charge < -0.3 is 25.4 Å². The van der Waals surface area contributed by atoms with Crippen LogP contribution in [0, 0.1) is 6.92 Å². The Kier molecular flexibility index (Phi) is 7.03. The molecule has 1 heterocycles. The van der Waals surface area contributed by atoms with E-state index >= 15 is 0 Å². The van der Waals surface area contributed by atoms with Crippen LogP contribution in [0.25, 0.3) is 0 Å². The fourth-order valence-corrected chi connectivity index (χ4v) is 3.12. The molecule has 3 rings (SSSR count). The summed E-state index contributed by atoms with van der Waals surface area (Å²) >= 11 is 0. The van der Waals surface area contributed by atoms with E-state index < -0.39 is 12.0 Å². The molecule has 1 fully saturated rings. The van der Waals surface area contributed by atoms with E-state index in [9.17, 15) is 14.4 Å². The lowest BCUT2D eigenvalue weighted by Crippen LogP contribution is -2.33. The number of benzene rings is 2. The Morgan fingerprint density at radius 1 is 1.13 bits per heavy atom. The van der Waals surface area contributed by atoms with Crippen molar-refractivity contribution in [2.45, 2.75) is 25.9 Å². The molecule has 1 aliphatic heterocycles. The molecular weight excluding hydrogens is 386 g/mol. The van der Waals surface area contributed by atoms with Crippen molar-refractivity contribution < 1.29 is 23.9 Å². The van der Waals surface area contributed by atoms with Crippen LogP contribution in [0.4, 0.5) is 11.4 Å². The van der Waals surface area contributed by atoms with Crippen LogP contribution in [-0.4, -0.2) is 44.1 Å². The summed E-state index contributed by atoms with van der Waals surface area (Å²) in [5.41, 5.74) is 2.34. The number of aryl methyl sites for hydroxylation is 1. The van der Waals surface area contributed by atoms with Crippen LogP contribution >= 0.6 is 0 Å². The largest absolute Gasteiger partial charge is 0.495 e. The second kappa shape index (κ2) is 9.89. The molecule has 1 unspecified atom stereocenters. The van der Waals surface area contributed by atoms with E-state index in [0.717, 1.165) is 12.0 Å². The number of anilines is 2. The topological polar surface area (TPSA) is 106 Å². The Balaban J connectivity index is 1.55. The highest BCUT2D eigenvalue weighted by Crippen LogP contribution is 2.25. The van der Waals surface area contributed by atoms with Crippen LogP contribution in [0.2, 0.25) is 0 Å². The highest BCUT2D eigenvalue weighted by molar-refractivity contribution is 6.01. The first-order chi connectivity index (χ1) is 14.5. The number of carbonyl (C=O) groups is 3. The third-order valence-electron chi connectivity index (χ3n) is 4.65. The standard InChI is InChI=1S/C22H25N3O5/c1-14-8-9-18(29-2)17(11-14)25-20(26)13-23-21(27)15-5-3-6-16(12-15)24-22(28)19-7-4-10-30-19/h3,5-6,8-9,11-12,19H,4,7,10,13H2,1-2H3,(H,23,27)(H,24,28)(H,25,26). The van der Waals surface area contributed by atoms with Gasteiger partial charge in [-0.2, -0.15) is 0 Å². The molecule has 1 aliphatic rings. The summed E-state index contributed by atoms with van der Waals surface area (Å²) in [6.45, 7) is 2.28. The van der Waals surface area contributed by atoms with Crippen LogP contribution in [0.1, 0.15) is 28.8 Å². The van der Waals surface area contributed by atoms with E-state index in [4.69, 9.17) is 9.47 Å². The molecule has 0 saturated carbocycles. The smallest absolute Gasteiger partial charge is 0.253 e. The van der Waals surface area contributed by atoms with Crippen molar-refractivity contribution in [3.63, 3.8) is 0 Å². The van der Waals surface area contributed by atoms with Gasteiger partial charge in [-0.25, -0.2) is 0 Å². The van der Waals surface area contributed by atoms with Gasteiger partial charge in [0.25, 0.3) is 11.8 Å². The number of carbonyl (C=O) groups excluding carboxylic acids is 3.